The maximum atomic E-state index is 13.6. The SMILES string of the molecule is O=[N+]([O-])c1ccc(Oc2cccc(C=NNc3c(F)c(F)c(F)c(F)c3F)c2)c([N+](=O)[O-])c1. The van der Waals surface area contributed by atoms with Gasteiger partial charge in [-0.15, -0.1) is 0 Å². The number of non-ortho nitro benzene ring substituents is 1. The molecule has 0 unspecified atom stereocenters. The Hall–Kier alpha value is -4.62. The van der Waals surface area contributed by atoms with Crippen LogP contribution in [0.2, 0.25) is 0 Å². The predicted molar refractivity (Wildman–Crippen MR) is 104 cm³/mol. The summed E-state index contributed by atoms with van der Waals surface area (Å²) in [6.07, 6.45) is 0.954. The standard InChI is InChI=1S/C19H9F5N4O5/c20-14-15(21)17(23)19(18(24)16(14)22)26-25-8-9-2-1-3-11(6-9)33-13-5-4-10(27(29)30)7-12(13)28(31)32/h1-8,26H. The third-order valence-electron chi connectivity index (χ3n) is 4.04. The number of anilines is 1. The van der Waals surface area contributed by atoms with Crippen molar-refractivity contribution in [1.82, 2.24) is 0 Å². The summed E-state index contributed by atoms with van der Waals surface area (Å²) in [6, 6.07) is 8.22. The molecule has 0 aliphatic heterocycles. The largest absolute Gasteiger partial charge is 0.450 e. The van der Waals surface area contributed by atoms with Gasteiger partial charge in [-0.2, -0.15) is 5.10 Å². The number of benzene rings is 3. The van der Waals surface area contributed by atoms with Gasteiger partial charge in [0.05, 0.1) is 22.1 Å². The van der Waals surface area contributed by atoms with E-state index >= 15 is 0 Å². The number of hydrogen-bond acceptors (Lipinski definition) is 7. The number of rotatable bonds is 7. The zero-order chi connectivity index (χ0) is 24.3. The number of ether oxygens (including phenoxy) is 1. The first-order valence-electron chi connectivity index (χ1n) is 8.61. The smallest absolute Gasteiger partial charge is 0.318 e. The van der Waals surface area contributed by atoms with Crippen molar-refractivity contribution in [3.63, 3.8) is 0 Å². The highest BCUT2D eigenvalue weighted by molar-refractivity contribution is 5.81. The van der Waals surface area contributed by atoms with Gasteiger partial charge in [-0.3, -0.25) is 25.7 Å². The molecular formula is C19H9F5N4O5. The first-order valence-corrected chi connectivity index (χ1v) is 8.61. The maximum absolute atomic E-state index is 13.6. The normalized spacial score (nSPS) is 10.9. The monoisotopic (exact) mass is 468 g/mol. The lowest BCUT2D eigenvalue weighted by atomic mass is 10.2. The van der Waals surface area contributed by atoms with E-state index in [4.69, 9.17) is 4.74 Å². The van der Waals surface area contributed by atoms with E-state index in [9.17, 15) is 42.2 Å². The van der Waals surface area contributed by atoms with Gasteiger partial charge in [0.15, 0.2) is 23.3 Å². The Kier molecular flexibility index (Phi) is 6.46. The molecule has 9 nitrogen and oxygen atoms in total. The van der Waals surface area contributed by atoms with Gasteiger partial charge in [0.1, 0.15) is 11.4 Å². The fourth-order valence-corrected chi connectivity index (χ4v) is 2.51. The molecular weight excluding hydrogens is 459 g/mol. The number of nitro benzene ring substituents is 2. The van der Waals surface area contributed by atoms with Crippen LogP contribution >= 0.6 is 0 Å². The minimum atomic E-state index is -2.32. The first kappa shape index (κ1) is 23.1. The van der Waals surface area contributed by atoms with Crippen LogP contribution in [0.4, 0.5) is 39.0 Å². The summed E-state index contributed by atoms with van der Waals surface area (Å²) in [5.41, 5.74) is -0.624. The van der Waals surface area contributed by atoms with E-state index in [0.717, 1.165) is 18.3 Å². The van der Waals surface area contributed by atoms with Crippen molar-refractivity contribution < 1.29 is 36.5 Å². The van der Waals surface area contributed by atoms with Crippen molar-refractivity contribution in [3.8, 4) is 11.5 Å². The number of hydrogen-bond donors (Lipinski definition) is 1. The van der Waals surface area contributed by atoms with E-state index < -0.39 is 56.0 Å². The number of nitrogens with zero attached hydrogens (tertiary/aromatic N) is 3. The molecule has 0 atom stereocenters. The minimum Gasteiger partial charge on any atom is -0.450 e. The van der Waals surface area contributed by atoms with Gasteiger partial charge in [-0.25, -0.2) is 22.0 Å². The third-order valence-corrected chi connectivity index (χ3v) is 4.04. The molecule has 33 heavy (non-hydrogen) atoms. The van der Waals surface area contributed by atoms with Gasteiger partial charge >= 0.3 is 5.69 Å². The van der Waals surface area contributed by atoms with E-state index in [1.807, 2.05) is 0 Å². The molecule has 0 aliphatic carbocycles. The highest BCUT2D eigenvalue weighted by Gasteiger charge is 2.25. The maximum Gasteiger partial charge on any atom is 0.318 e. The zero-order valence-corrected chi connectivity index (χ0v) is 15.9. The minimum absolute atomic E-state index is 0.0205. The summed E-state index contributed by atoms with van der Waals surface area (Å²) < 4.78 is 72.2. The lowest BCUT2D eigenvalue weighted by Crippen LogP contribution is -2.06. The van der Waals surface area contributed by atoms with Crippen molar-refractivity contribution in [2.24, 2.45) is 5.10 Å². The van der Waals surface area contributed by atoms with Crippen molar-refractivity contribution in [2.75, 3.05) is 5.43 Å². The summed E-state index contributed by atoms with van der Waals surface area (Å²) in [6.45, 7) is 0. The highest BCUT2D eigenvalue weighted by Crippen LogP contribution is 2.34. The van der Waals surface area contributed by atoms with E-state index in [-0.39, 0.29) is 17.1 Å². The molecule has 0 radical (unpaired) electrons. The van der Waals surface area contributed by atoms with Crippen LogP contribution < -0.4 is 10.2 Å². The fourth-order valence-electron chi connectivity index (χ4n) is 2.51. The summed E-state index contributed by atoms with van der Waals surface area (Å²) in [4.78, 5) is 20.3. The predicted octanol–water partition coefficient (Wildman–Crippen LogP) is 5.44. The second kappa shape index (κ2) is 9.25. The Morgan fingerprint density at radius 1 is 0.848 bits per heavy atom. The molecule has 0 saturated heterocycles. The Labute approximate surface area is 180 Å². The van der Waals surface area contributed by atoms with E-state index in [2.05, 4.69) is 5.10 Å². The van der Waals surface area contributed by atoms with Crippen LogP contribution in [0.3, 0.4) is 0 Å². The number of nitrogens with one attached hydrogen (secondary N) is 1. The van der Waals surface area contributed by atoms with Crippen LogP contribution in [0.1, 0.15) is 5.56 Å². The van der Waals surface area contributed by atoms with Gasteiger partial charge in [0, 0.05) is 6.07 Å². The topological polar surface area (TPSA) is 120 Å². The van der Waals surface area contributed by atoms with Crippen molar-refractivity contribution in [1.29, 1.82) is 0 Å². The van der Waals surface area contributed by atoms with Crippen molar-refractivity contribution in [2.45, 2.75) is 0 Å². The molecule has 170 valence electrons. The molecule has 3 aromatic carbocycles. The lowest BCUT2D eigenvalue weighted by molar-refractivity contribution is -0.394. The van der Waals surface area contributed by atoms with Crippen molar-refractivity contribution >= 4 is 23.3 Å². The number of nitro groups is 2. The third kappa shape index (κ3) is 4.84. The first-order chi connectivity index (χ1) is 15.6. The van der Waals surface area contributed by atoms with Gasteiger partial charge in [-0.05, 0) is 23.8 Å². The molecule has 0 aromatic heterocycles. The Balaban J connectivity index is 1.83. The van der Waals surface area contributed by atoms with E-state index in [1.165, 1.54) is 24.3 Å². The summed E-state index contributed by atoms with van der Waals surface area (Å²) in [5.74, 6) is -11.1. The van der Waals surface area contributed by atoms with E-state index in [0.29, 0.717) is 6.07 Å². The Morgan fingerprint density at radius 2 is 1.48 bits per heavy atom. The number of hydrazone groups is 1. The molecule has 0 heterocycles. The fraction of sp³-hybridized carbons (Fsp3) is 0. The second-order valence-electron chi connectivity index (χ2n) is 6.16. The summed E-state index contributed by atoms with van der Waals surface area (Å²) in [7, 11) is 0. The van der Waals surface area contributed by atoms with Crippen molar-refractivity contribution in [3.05, 3.63) is 97.3 Å². The van der Waals surface area contributed by atoms with Gasteiger partial charge < -0.3 is 4.74 Å². The van der Waals surface area contributed by atoms with Crippen LogP contribution in [0.5, 0.6) is 11.5 Å². The van der Waals surface area contributed by atoms with Crippen LogP contribution in [-0.2, 0) is 0 Å². The molecule has 0 aliphatic rings. The summed E-state index contributed by atoms with van der Waals surface area (Å²) in [5, 5.41) is 25.4. The van der Waals surface area contributed by atoms with Gasteiger partial charge in [-0.1, -0.05) is 12.1 Å². The van der Waals surface area contributed by atoms with E-state index in [1.54, 1.807) is 5.43 Å². The van der Waals surface area contributed by atoms with Gasteiger partial charge in [0.2, 0.25) is 11.6 Å². The molecule has 3 rings (SSSR count). The van der Waals surface area contributed by atoms with Crippen LogP contribution in [0.15, 0.2) is 47.6 Å². The second-order valence-corrected chi connectivity index (χ2v) is 6.16. The van der Waals surface area contributed by atoms with Crippen LogP contribution in [-0.4, -0.2) is 16.1 Å². The molecule has 1 N–H and O–H groups in total. The Bertz CT molecular complexity index is 1270. The Morgan fingerprint density at radius 3 is 2.09 bits per heavy atom. The molecule has 0 saturated carbocycles. The zero-order valence-electron chi connectivity index (χ0n) is 15.9. The molecule has 0 bridgehead atoms. The molecule has 0 spiro atoms. The number of halogens is 5. The van der Waals surface area contributed by atoms with Crippen LogP contribution in [0.25, 0.3) is 0 Å². The summed E-state index contributed by atoms with van der Waals surface area (Å²) >= 11 is 0. The lowest BCUT2D eigenvalue weighted by Gasteiger charge is -2.08. The van der Waals surface area contributed by atoms with Gasteiger partial charge in [0.25, 0.3) is 5.69 Å². The average molecular weight is 468 g/mol. The quantitative estimate of drug-likeness (QED) is 0.123. The highest BCUT2D eigenvalue weighted by atomic mass is 19.2. The molecule has 14 heteroatoms. The molecule has 0 amide bonds. The average Bonchev–Trinajstić information content (AvgIpc) is 2.79. The molecule has 0 fully saturated rings. The van der Waals surface area contributed by atoms with Crippen LogP contribution in [0, 0.1) is 49.3 Å². The molecule has 3 aromatic rings.